The molecule has 2 fully saturated rings. The lowest BCUT2D eigenvalue weighted by atomic mass is 10.0. The number of benzene rings is 3. The van der Waals surface area contributed by atoms with Crippen LogP contribution in [0.1, 0.15) is 77.7 Å². The number of hydrogen-bond acceptors (Lipinski definition) is 9. The van der Waals surface area contributed by atoms with Crippen molar-refractivity contribution in [3.63, 3.8) is 0 Å². The number of halogens is 3. The Morgan fingerprint density at radius 3 is 2.24 bits per heavy atom. The van der Waals surface area contributed by atoms with Crippen LogP contribution in [0, 0.1) is 0 Å². The molecule has 1 atom stereocenters. The maximum absolute atomic E-state index is 14.5. The molecule has 0 aliphatic carbocycles. The molecule has 2 aliphatic heterocycles. The second-order valence-corrected chi connectivity index (χ2v) is 17.9. The molecule has 0 N–H and O–H groups in total. The van der Waals surface area contributed by atoms with Gasteiger partial charge in [0.05, 0.1) is 18.4 Å². The number of alkyl halides is 3. The monoisotopic (exact) mass is 924 g/mol. The lowest BCUT2D eigenvalue weighted by Crippen LogP contribution is -2.46. The smallest absolute Gasteiger partial charge is 0.378 e. The first-order valence-electron chi connectivity index (χ1n) is 23.5. The van der Waals surface area contributed by atoms with Gasteiger partial charge in [0.15, 0.2) is 0 Å². The summed E-state index contributed by atoms with van der Waals surface area (Å²) in [4.78, 5) is 36.7. The van der Waals surface area contributed by atoms with Crippen molar-refractivity contribution in [2.45, 2.75) is 90.5 Å². The molecule has 0 saturated carbocycles. The molecule has 1 aromatic heterocycles. The SMILES string of the molecule is C=N/N=C\N(C)CCc1cccc(-n2ccccc(CN3CCC(OCCc4ccc(CN5CCN(c6ccc(C=O)c(CN(C)C(C)CCC)c6)CC5)cc4)CC3)cn(C(F)(F)F)c2=O)c1. The first kappa shape index (κ1) is 50.8. The summed E-state index contributed by atoms with van der Waals surface area (Å²) in [5.41, 5.74) is 5.86. The molecule has 0 spiro atoms. The van der Waals surface area contributed by atoms with Gasteiger partial charge in [-0.2, -0.15) is 5.10 Å². The van der Waals surface area contributed by atoms with E-state index >= 15 is 0 Å². The van der Waals surface area contributed by atoms with E-state index in [0.717, 1.165) is 105 Å². The van der Waals surface area contributed by atoms with Crippen LogP contribution in [0.5, 0.6) is 0 Å². The third-order valence-electron chi connectivity index (χ3n) is 12.9. The molecule has 3 aromatic carbocycles. The van der Waals surface area contributed by atoms with Gasteiger partial charge in [0.1, 0.15) is 12.6 Å². The first-order valence-corrected chi connectivity index (χ1v) is 23.5. The van der Waals surface area contributed by atoms with Gasteiger partial charge in [0.2, 0.25) is 0 Å². The number of likely N-dealkylation sites (N-methyl/N-ethyl adjacent to an activating group) is 1. The quantitative estimate of drug-likeness (QED) is 0.0357. The summed E-state index contributed by atoms with van der Waals surface area (Å²) in [6.07, 6.45) is 5.10. The molecule has 0 bridgehead atoms. The zero-order valence-corrected chi connectivity index (χ0v) is 39.7. The van der Waals surface area contributed by atoms with Crippen LogP contribution in [0.25, 0.3) is 5.69 Å². The fourth-order valence-electron chi connectivity index (χ4n) is 8.75. The summed E-state index contributed by atoms with van der Waals surface area (Å²) in [5, 5.41) is 7.22. The molecule has 67 heavy (non-hydrogen) atoms. The Labute approximate surface area is 394 Å². The van der Waals surface area contributed by atoms with Crippen molar-refractivity contribution in [1.29, 1.82) is 0 Å². The summed E-state index contributed by atoms with van der Waals surface area (Å²) < 4.78 is 50.8. The van der Waals surface area contributed by atoms with Crippen LogP contribution in [0.15, 0.2) is 112 Å². The van der Waals surface area contributed by atoms with Gasteiger partial charge >= 0.3 is 12.0 Å². The van der Waals surface area contributed by atoms with E-state index in [0.29, 0.717) is 50.0 Å². The third-order valence-corrected chi connectivity index (χ3v) is 12.9. The predicted octanol–water partition coefficient (Wildman–Crippen LogP) is 8.34. The molecule has 15 heteroatoms. The average Bonchev–Trinajstić information content (AvgIpc) is 3.40. The van der Waals surface area contributed by atoms with Crippen molar-refractivity contribution in [2.75, 3.05) is 71.4 Å². The fourth-order valence-corrected chi connectivity index (χ4v) is 8.75. The molecule has 1 unspecified atom stereocenters. The molecule has 12 nitrogen and oxygen atoms in total. The van der Waals surface area contributed by atoms with Gasteiger partial charge in [0.25, 0.3) is 0 Å². The average molecular weight is 924 g/mol. The number of aldehydes is 1. The van der Waals surface area contributed by atoms with E-state index in [1.807, 2.05) is 24.1 Å². The molecular formula is C52H68F3N9O3. The van der Waals surface area contributed by atoms with Crippen molar-refractivity contribution in [3.8, 4) is 5.69 Å². The largest absolute Gasteiger partial charge is 0.492 e. The highest BCUT2D eigenvalue weighted by Crippen LogP contribution is 2.25. The summed E-state index contributed by atoms with van der Waals surface area (Å²) in [5.74, 6) is 0. The van der Waals surface area contributed by atoms with Gasteiger partial charge in [-0.15, -0.1) is 18.3 Å². The number of piperazine rings is 1. The molecular weight excluding hydrogens is 856 g/mol. The third kappa shape index (κ3) is 15.2. The maximum Gasteiger partial charge on any atom is 0.492 e. The number of anilines is 1. The van der Waals surface area contributed by atoms with Crippen LogP contribution in [0.2, 0.25) is 0 Å². The fraction of sp³-hybridized carbons (Fsp3) is 0.462. The first-order chi connectivity index (χ1) is 32.3. The second-order valence-electron chi connectivity index (χ2n) is 17.9. The van der Waals surface area contributed by atoms with E-state index in [2.05, 4.69) is 93.8 Å². The lowest BCUT2D eigenvalue weighted by Gasteiger charge is -2.36. The van der Waals surface area contributed by atoms with E-state index in [9.17, 15) is 22.8 Å². The van der Waals surface area contributed by atoms with E-state index in [1.54, 1.807) is 36.4 Å². The number of hydrogen-bond donors (Lipinski definition) is 0. The Balaban J connectivity index is 0.957. The zero-order chi connectivity index (χ0) is 47.8. The normalized spacial score (nSPS) is 15.8. The van der Waals surface area contributed by atoms with Gasteiger partial charge in [-0.25, -0.2) is 9.36 Å². The summed E-state index contributed by atoms with van der Waals surface area (Å²) in [6.45, 7) is 16.0. The van der Waals surface area contributed by atoms with Gasteiger partial charge in [-0.3, -0.25) is 24.1 Å². The second kappa shape index (κ2) is 25.0. The van der Waals surface area contributed by atoms with E-state index < -0.39 is 12.0 Å². The van der Waals surface area contributed by atoms with Gasteiger partial charge in [-0.1, -0.05) is 61.9 Å². The molecule has 0 amide bonds. The van der Waals surface area contributed by atoms with Crippen LogP contribution < -0.4 is 10.6 Å². The summed E-state index contributed by atoms with van der Waals surface area (Å²) in [7, 11) is 3.97. The molecule has 2 aliphatic rings. The van der Waals surface area contributed by atoms with Crippen LogP contribution in [0.4, 0.5) is 18.9 Å². The van der Waals surface area contributed by atoms with Crippen molar-refractivity contribution in [2.24, 2.45) is 10.2 Å². The Morgan fingerprint density at radius 2 is 1.54 bits per heavy atom. The molecule has 360 valence electrons. The van der Waals surface area contributed by atoms with Crippen molar-refractivity contribution >= 4 is 25.0 Å². The Morgan fingerprint density at radius 1 is 0.836 bits per heavy atom. The number of carbonyl (C=O) groups excluding carboxylic acids is 1. The van der Waals surface area contributed by atoms with Crippen molar-refractivity contribution < 1.29 is 22.7 Å². The number of ether oxygens (including phenoxy) is 1. The van der Waals surface area contributed by atoms with Crippen LogP contribution >= 0.6 is 0 Å². The number of carbonyl (C=O) groups is 1. The number of aromatic nitrogens is 2. The minimum Gasteiger partial charge on any atom is -0.378 e. The molecule has 4 aromatic rings. The number of piperidine rings is 1. The van der Waals surface area contributed by atoms with Gasteiger partial charge in [0, 0.05) is 109 Å². The van der Waals surface area contributed by atoms with Gasteiger partial charge in [-0.05, 0) is 110 Å². The summed E-state index contributed by atoms with van der Waals surface area (Å²) >= 11 is 0. The number of rotatable bonds is 21. The Hall–Kier alpha value is -5.61. The minimum atomic E-state index is -4.94. The van der Waals surface area contributed by atoms with Crippen molar-refractivity contribution in [1.82, 2.24) is 28.7 Å². The molecule has 3 heterocycles. The standard InChI is InChI=1S/C52H68F3N9O3/c1-6-10-41(2)59(5)38-47-34-48(19-18-46(47)39-65)62-30-28-61(29-31-62)35-44-16-14-42(15-17-44)23-32-67-50-21-26-60(27-22-50)36-45-11-7-8-24-63(51(66)64(37-45)52(53,54)55)49-13-9-12-43(33-49)20-25-58(4)40-57-56-3/h7-9,11-19,24,33-34,37,39-41,50H,3,6,10,20-23,25-32,35-36,38H2,1-2,4-5H3/b11-7?,24-8?,45-37?,57-40-. The highest BCUT2D eigenvalue weighted by molar-refractivity contribution is 5.78. The summed E-state index contributed by atoms with van der Waals surface area (Å²) in [6, 6.07) is 27.3. The number of nitrogens with zero attached hydrogens (tertiary/aromatic N) is 9. The van der Waals surface area contributed by atoms with E-state index in [4.69, 9.17) is 4.74 Å². The predicted molar refractivity (Wildman–Crippen MR) is 263 cm³/mol. The highest BCUT2D eigenvalue weighted by Gasteiger charge is 2.33. The van der Waals surface area contributed by atoms with Crippen LogP contribution in [-0.4, -0.2) is 127 Å². The molecule has 2 saturated heterocycles. The maximum atomic E-state index is 14.5. The van der Waals surface area contributed by atoms with Crippen LogP contribution in [0.3, 0.4) is 0 Å². The lowest BCUT2D eigenvalue weighted by molar-refractivity contribution is -0.207. The van der Waals surface area contributed by atoms with Crippen LogP contribution in [-0.2, 0) is 43.5 Å². The zero-order valence-electron chi connectivity index (χ0n) is 39.7. The topological polar surface area (TPSA) is 94.1 Å². The Kier molecular flexibility index (Phi) is 18.9. The van der Waals surface area contributed by atoms with Crippen molar-refractivity contribution in [3.05, 3.63) is 141 Å². The van der Waals surface area contributed by atoms with E-state index in [-0.39, 0.29) is 17.2 Å². The van der Waals surface area contributed by atoms with Gasteiger partial charge < -0.3 is 14.5 Å². The van der Waals surface area contributed by atoms with E-state index in [1.165, 1.54) is 29.3 Å². The highest BCUT2D eigenvalue weighted by atomic mass is 19.4. The minimum absolute atomic E-state index is 0.0720. The Bertz CT molecular complexity index is 2350. The number of likely N-dealkylation sites (tertiary alicyclic amines) is 1. The molecule has 0 radical (unpaired) electrons. The molecule has 6 rings (SSSR count).